The number of fused-ring (bicyclic) bond motifs is 1. The predicted molar refractivity (Wildman–Crippen MR) is 51.3 cm³/mol. The summed E-state index contributed by atoms with van der Waals surface area (Å²) in [6.07, 6.45) is -2.80. The number of hydrogen-bond donors (Lipinski definition) is 1. The molecule has 2 rings (SSSR count). The van der Waals surface area contributed by atoms with Gasteiger partial charge in [-0.25, -0.2) is 0 Å². The van der Waals surface area contributed by atoms with E-state index in [0.29, 0.717) is 0 Å². The normalized spacial score (nSPS) is 41.5. The molecule has 0 aromatic carbocycles. The zero-order valence-corrected chi connectivity index (χ0v) is 9.50. The number of ether oxygens (including phenoxy) is 4. The van der Waals surface area contributed by atoms with Gasteiger partial charge in [0.1, 0.15) is 12.2 Å². The smallest absolute Gasteiger partial charge is 0.303 e. The van der Waals surface area contributed by atoms with E-state index < -0.39 is 30.3 Å². The SMILES string of the molecule is CC(=O)OC1C(O)OCC2OC(C)(C)OC21. The zero-order valence-electron chi connectivity index (χ0n) is 9.50. The van der Waals surface area contributed by atoms with Gasteiger partial charge in [-0.15, -0.1) is 0 Å². The summed E-state index contributed by atoms with van der Waals surface area (Å²) in [5, 5.41) is 9.60. The van der Waals surface area contributed by atoms with Gasteiger partial charge in [0.05, 0.1) is 6.61 Å². The van der Waals surface area contributed by atoms with Gasteiger partial charge in [-0.3, -0.25) is 4.79 Å². The van der Waals surface area contributed by atoms with E-state index in [1.54, 1.807) is 13.8 Å². The van der Waals surface area contributed by atoms with Gasteiger partial charge in [0, 0.05) is 6.92 Å². The molecule has 16 heavy (non-hydrogen) atoms. The van der Waals surface area contributed by atoms with E-state index in [2.05, 4.69) is 0 Å². The minimum Gasteiger partial charge on any atom is -0.454 e. The minimum atomic E-state index is -1.16. The molecule has 0 radical (unpaired) electrons. The molecular formula is C10H16O6. The van der Waals surface area contributed by atoms with Gasteiger partial charge < -0.3 is 24.1 Å². The van der Waals surface area contributed by atoms with Gasteiger partial charge in [-0.1, -0.05) is 0 Å². The van der Waals surface area contributed by atoms with Crippen molar-refractivity contribution in [3.05, 3.63) is 0 Å². The number of carbonyl (C=O) groups excluding carboxylic acids is 1. The third-order valence-corrected chi connectivity index (χ3v) is 2.56. The summed E-state index contributed by atoms with van der Waals surface area (Å²) < 4.78 is 21.2. The first-order valence-electron chi connectivity index (χ1n) is 5.21. The third-order valence-electron chi connectivity index (χ3n) is 2.56. The Balaban J connectivity index is 2.12. The average molecular weight is 232 g/mol. The number of rotatable bonds is 1. The van der Waals surface area contributed by atoms with Crippen LogP contribution in [0.4, 0.5) is 0 Å². The maximum Gasteiger partial charge on any atom is 0.303 e. The Kier molecular flexibility index (Phi) is 2.91. The Morgan fingerprint density at radius 3 is 2.75 bits per heavy atom. The lowest BCUT2D eigenvalue weighted by Gasteiger charge is -2.34. The van der Waals surface area contributed by atoms with Crippen molar-refractivity contribution in [3.63, 3.8) is 0 Å². The van der Waals surface area contributed by atoms with Crippen LogP contribution in [0.3, 0.4) is 0 Å². The zero-order chi connectivity index (χ0) is 11.9. The molecule has 2 aliphatic rings. The average Bonchev–Trinajstić information content (AvgIpc) is 2.45. The first-order valence-corrected chi connectivity index (χ1v) is 5.21. The highest BCUT2D eigenvalue weighted by atomic mass is 16.8. The molecule has 4 atom stereocenters. The summed E-state index contributed by atoms with van der Waals surface area (Å²) in [7, 11) is 0. The maximum absolute atomic E-state index is 10.9. The summed E-state index contributed by atoms with van der Waals surface area (Å²) in [6, 6.07) is 0. The van der Waals surface area contributed by atoms with Gasteiger partial charge in [0.25, 0.3) is 0 Å². The second kappa shape index (κ2) is 3.96. The summed E-state index contributed by atoms with van der Waals surface area (Å²) in [5.41, 5.74) is 0. The molecule has 6 nitrogen and oxygen atoms in total. The van der Waals surface area contributed by atoms with Crippen molar-refractivity contribution in [2.45, 2.75) is 51.2 Å². The number of esters is 1. The molecule has 6 heteroatoms. The predicted octanol–water partition coefficient (Wildman–Crippen LogP) is -0.213. The van der Waals surface area contributed by atoms with Crippen LogP contribution in [0.2, 0.25) is 0 Å². The summed E-state index contributed by atoms with van der Waals surface area (Å²) in [4.78, 5) is 10.9. The van der Waals surface area contributed by atoms with E-state index in [0.717, 1.165) is 0 Å². The van der Waals surface area contributed by atoms with Crippen molar-refractivity contribution >= 4 is 5.97 Å². The molecule has 0 aromatic rings. The van der Waals surface area contributed by atoms with Gasteiger partial charge in [-0.05, 0) is 13.8 Å². The number of carbonyl (C=O) groups is 1. The van der Waals surface area contributed by atoms with Crippen molar-refractivity contribution < 1.29 is 28.8 Å². The standard InChI is InChI=1S/C10H16O6/c1-5(11)14-8-7-6(4-13-9(8)12)15-10(2,3)16-7/h6-9,12H,4H2,1-3H3. The third kappa shape index (κ3) is 2.20. The molecule has 2 aliphatic heterocycles. The maximum atomic E-state index is 10.9. The van der Waals surface area contributed by atoms with Crippen LogP contribution in [0.25, 0.3) is 0 Å². The largest absolute Gasteiger partial charge is 0.454 e. The lowest BCUT2D eigenvalue weighted by Crippen LogP contribution is -2.53. The lowest BCUT2D eigenvalue weighted by molar-refractivity contribution is -0.241. The quantitative estimate of drug-likeness (QED) is 0.630. The monoisotopic (exact) mass is 232 g/mol. The Morgan fingerprint density at radius 2 is 2.12 bits per heavy atom. The first kappa shape index (κ1) is 11.8. The Labute approximate surface area is 93.4 Å². The van der Waals surface area contributed by atoms with Crippen molar-refractivity contribution in [1.29, 1.82) is 0 Å². The molecule has 4 unspecified atom stereocenters. The minimum absolute atomic E-state index is 0.229. The molecule has 0 aliphatic carbocycles. The molecule has 92 valence electrons. The summed E-state index contributed by atoms with van der Waals surface area (Å²) in [6.45, 7) is 5.04. The molecule has 1 N–H and O–H groups in total. The van der Waals surface area contributed by atoms with E-state index >= 15 is 0 Å². The fourth-order valence-corrected chi connectivity index (χ4v) is 2.04. The van der Waals surface area contributed by atoms with Crippen LogP contribution < -0.4 is 0 Å². The molecule has 2 fully saturated rings. The Bertz CT molecular complexity index is 289. The van der Waals surface area contributed by atoms with Gasteiger partial charge in [0.2, 0.25) is 0 Å². The fourth-order valence-electron chi connectivity index (χ4n) is 2.04. The second-order valence-electron chi connectivity index (χ2n) is 4.44. The molecule has 2 heterocycles. The molecule has 0 saturated carbocycles. The first-order chi connectivity index (χ1) is 7.39. The second-order valence-corrected chi connectivity index (χ2v) is 4.44. The van der Waals surface area contributed by atoms with Crippen LogP contribution in [0.15, 0.2) is 0 Å². The molecule has 2 saturated heterocycles. The van der Waals surface area contributed by atoms with E-state index in [4.69, 9.17) is 18.9 Å². The van der Waals surface area contributed by atoms with Crippen molar-refractivity contribution in [2.75, 3.05) is 6.61 Å². The van der Waals surface area contributed by atoms with E-state index in [-0.39, 0.29) is 12.7 Å². The van der Waals surface area contributed by atoms with Gasteiger partial charge in [0.15, 0.2) is 18.2 Å². The van der Waals surface area contributed by atoms with Crippen molar-refractivity contribution in [2.24, 2.45) is 0 Å². The molecule has 0 amide bonds. The molecule has 0 spiro atoms. The van der Waals surface area contributed by atoms with Crippen LogP contribution >= 0.6 is 0 Å². The highest BCUT2D eigenvalue weighted by molar-refractivity contribution is 5.66. The molecular weight excluding hydrogens is 216 g/mol. The van der Waals surface area contributed by atoms with E-state index in [9.17, 15) is 9.90 Å². The van der Waals surface area contributed by atoms with Crippen LogP contribution in [0, 0.1) is 0 Å². The van der Waals surface area contributed by atoms with Crippen LogP contribution in [0.1, 0.15) is 20.8 Å². The van der Waals surface area contributed by atoms with Crippen LogP contribution in [-0.2, 0) is 23.7 Å². The van der Waals surface area contributed by atoms with E-state index in [1.807, 2.05) is 0 Å². The molecule has 0 bridgehead atoms. The Hall–Kier alpha value is -0.690. The number of hydrogen-bond acceptors (Lipinski definition) is 6. The van der Waals surface area contributed by atoms with Crippen molar-refractivity contribution in [3.8, 4) is 0 Å². The lowest BCUT2D eigenvalue weighted by atomic mass is 10.1. The van der Waals surface area contributed by atoms with Gasteiger partial charge in [-0.2, -0.15) is 0 Å². The van der Waals surface area contributed by atoms with Gasteiger partial charge >= 0.3 is 5.97 Å². The fraction of sp³-hybridized carbons (Fsp3) is 0.900. The number of aliphatic hydroxyl groups is 1. The topological polar surface area (TPSA) is 74.2 Å². The Morgan fingerprint density at radius 1 is 1.44 bits per heavy atom. The molecule has 0 aromatic heterocycles. The summed E-state index contributed by atoms with van der Waals surface area (Å²) >= 11 is 0. The van der Waals surface area contributed by atoms with Crippen molar-refractivity contribution in [1.82, 2.24) is 0 Å². The van der Waals surface area contributed by atoms with Crippen LogP contribution in [-0.4, -0.2) is 48.1 Å². The highest BCUT2D eigenvalue weighted by Gasteiger charge is 2.52. The summed E-state index contributed by atoms with van der Waals surface area (Å²) in [5.74, 6) is -1.23. The van der Waals surface area contributed by atoms with Crippen LogP contribution in [0.5, 0.6) is 0 Å². The number of aliphatic hydroxyl groups excluding tert-OH is 1. The van der Waals surface area contributed by atoms with E-state index in [1.165, 1.54) is 6.92 Å². The highest BCUT2D eigenvalue weighted by Crippen LogP contribution is 2.35.